The highest BCUT2D eigenvalue weighted by molar-refractivity contribution is 7.98. The molecule has 34 heavy (non-hydrogen) atoms. The maximum atomic E-state index is 13.1. The van der Waals surface area contributed by atoms with Crippen molar-refractivity contribution in [2.45, 2.75) is 43.4 Å². The van der Waals surface area contributed by atoms with Crippen molar-refractivity contribution >= 4 is 54.1 Å². The third kappa shape index (κ3) is 10.4. The van der Waals surface area contributed by atoms with Gasteiger partial charge in [0.1, 0.15) is 18.1 Å². The molecule has 7 N–H and O–H groups in total. The average molecular weight is 515 g/mol. The van der Waals surface area contributed by atoms with Crippen LogP contribution in [-0.2, 0) is 30.4 Å². The number of benzene rings is 1. The summed E-state index contributed by atoms with van der Waals surface area (Å²) in [7, 11) is 0. The van der Waals surface area contributed by atoms with Crippen LogP contribution in [0.25, 0.3) is 0 Å². The average Bonchev–Trinajstić information content (AvgIpc) is 2.80. The zero-order valence-electron chi connectivity index (χ0n) is 18.6. The van der Waals surface area contributed by atoms with Crippen molar-refractivity contribution in [1.82, 2.24) is 16.0 Å². The maximum absolute atomic E-state index is 13.1. The van der Waals surface area contributed by atoms with Crippen molar-refractivity contribution in [2.75, 3.05) is 17.8 Å². The highest BCUT2D eigenvalue weighted by Crippen LogP contribution is 2.07. The molecule has 0 aliphatic carbocycles. The lowest BCUT2D eigenvalue weighted by molar-refractivity contribution is -0.147. The number of thiol groups is 1. The van der Waals surface area contributed by atoms with E-state index >= 15 is 0 Å². The van der Waals surface area contributed by atoms with Gasteiger partial charge in [0.2, 0.25) is 17.7 Å². The van der Waals surface area contributed by atoms with Gasteiger partial charge >= 0.3 is 11.9 Å². The number of carbonyl (C=O) groups excluding carboxylic acids is 3. The quantitative estimate of drug-likeness (QED) is 0.148. The Bertz CT molecular complexity index is 857. The zero-order valence-corrected chi connectivity index (χ0v) is 20.3. The van der Waals surface area contributed by atoms with Gasteiger partial charge < -0.3 is 31.9 Å². The Morgan fingerprint density at radius 2 is 1.50 bits per heavy atom. The van der Waals surface area contributed by atoms with Crippen LogP contribution in [0.15, 0.2) is 30.3 Å². The van der Waals surface area contributed by atoms with Crippen LogP contribution in [0.4, 0.5) is 0 Å². The highest BCUT2D eigenvalue weighted by Gasteiger charge is 2.31. The summed E-state index contributed by atoms with van der Waals surface area (Å²) < 4.78 is 0. The van der Waals surface area contributed by atoms with Crippen molar-refractivity contribution in [1.29, 1.82) is 0 Å². The maximum Gasteiger partial charge on any atom is 0.326 e. The van der Waals surface area contributed by atoms with Crippen LogP contribution in [-0.4, -0.2) is 81.8 Å². The van der Waals surface area contributed by atoms with Gasteiger partial charge in [-0.15, -0.1) is 0 Å². The Balaban J connectivity index is 3.06. The molecule has 0 bridgehead atoms. The molecule has 0 heterocycles. The molecule has 0 aliphatic heterocycles. The first kappa shape index (κ1) is 29.3. The first-order chi connectivity index (χ1) is 16.1. The van der Waals surface area contributed by atoms with Gasteiger partial charge in [-0.25, -0.2) is 4.79 Å². The zero-order chi connectivity index (χ0) is 25.7. The van der Waals surface area contributed by atoms with E-state index in [1.807, 2.05) is 0 Å². The molecule has 0 aromatic heterocycles. The van der Waals surface area contributed by atoms with E-state index in [1.165, 1.54) is 11.8 Å². The minimum atomic E-state index is -1.66. The molecule has 11 nitrogen and oxygen atoms in total. The molecule has 0 saturated carbocycles. The van der Waals surface area contributed by atoms with E-state index in [9.17, 15) is 29.1 Å². The summed E-state index contributed by atoms with van der Waals surface area (Å²) in [5, 5.41) is 25.4. The number of nitrogens with two attached hydrogens (primary N) is 1. The number of hydrogen-bond donors (Lipinski definition) is 7. The van der Waals surface area contributed by atoms with Gasteiger partial charge in [0.15, 0.2) is 0 Å². The Hall–Kier alpha value is -2.77. The van der Waals surface area contributed by atoms with Crippen LogP contribution < -0.4 is 21.7 Å². The number of hydrogen-bond acceptors (Lipinski definition) is 8. The van der Waals surface area contributed by atoms with Crippen LogP contribution >= 0.6 is 24.4 Å². The molecule has 1 aromatic carbocycles. The summed E-state index contributed by atoms with van der Waals surface area (Å²) in [5.74, 6) is -4.50. The predicted molar refractivity (Wildman–Crippen MR) is 131 cm³/mol. The molecule has 0 aliphatic rings. The van der Waals surface area contributed by atoms with Gasteiger partial charge in [0.25, 0.3) is 0 Å². The predicted octanol–water partition coefficient (Wildman–Crippen LogP) is -0.747. The lowest BCUT2D eigenvalue weighted by Gasteiger charge is -2.25. The number of thioether (sulfide) groups is 1. The van der Waals surface area contributed by atoms with Crippen molar-refractivity contribution in [2.24, 2.45) is 5.73 Å². The monoisotopic (exact) mass is 514 g/mol. The molecule has 1 rings (SSSR count). The summed E-state index contributed by atoms with van der Waals surface area (Å²) in [5.41, 5.74) is 6.46. The number of rotatable bonds is 15. The van der Waals surface area contributed by atoms with Crippen molar-refractivity contribution in [3.05, 3.63) is 35.9 Å². The van der Waals surface area contributed by atoms with Gasteiger partial charge in [-0.3, -0.25) is 19.2 Å². The fraction of sp³-hybridized carbons (Fsp3) is 0.476. The Labute approximate surface area is 207 Å². The molecule has 0 fully saturated rings. The van der Waals surface area contributed by atoms with Gasteiger partial charge in [-0.2, -0.15) is 24.4 Å². The SMILES string of the molecule is CSCCC(NC(=O)C(Cc1ccccc1)NC(=O)C(N)CS)C(=O)NC(CC(=O)O)C(=O)O. The third-order valence-electron chi connectivity index (χ3n) is 4.69. The topological polar surface area (TPSA) is 188 Å². The van der Waals surface area contributed by atoms with Gasteiger partial charge in [0.05, 0.1) is 12.5 Å². The third-order valence-corrected chi connectivity index (χ3v) is 5.72. The second kappa shape index (κ2) is 15.2. The number of carbonyl (C=O) groups is 5. The number of aliphatic carboxylic acids is 2. The molecule has 13 heteroatoms. The molecule has 0 saturated heterocycles. The summed E-state index contributed by atoms with van der Waals surface area (Å²) in [4.78, 5) is 60.4. The molecule has 4 unspecified atom stereocenters. The van der Waals surface area contributed by atoms with E-state index in [1.54, 1.807) is 36.6 Å². The Morgan fingerprint density at radius 1 is 0.941 bits per heavy atom. The normalized spacial score (nSPS) is 14.2. The van der Waals surface area contributed by atoms with Crippen molar-refractivity contribution in [3.8, 4) is 0 Å². The van der Waals surface area contributed by atoms with Gasteiger partial charge in [-0.05, 0) is 24.0 Å². The minimum Gasteiger partial charge on any atom is -0.481 e. The lowest BCUT2D eigenvalue weighted by Crippen LogP contribution is -2.58. The summed E-state index contributed by atoms with van der Waals surface area (Å²) in [6.07, 6.45) is 1.24. The van der Waals surface area contributed by atoms with E-state index in [0.717, 1.165) is 5.56 Å². The Morgan fingerprint density at radius 3 is 2.03 bits per heavy atom. The first-order valence-electron chi connectivity index (χ1n) is 10.3. The van der Waals surface area contributed by atoms with Crippen LogP contribution in [0.2, 0.25) is 0 Å². The summed E-state index contributed by atoms with van der Waals surface area (Å²) >= 11 is 5.39. The molecular formula is C21H30N4O7S2. The molecular weight excluding hydrogens is 484 g/mol. The molecule has 4 atom stereocenters. The number of amides is 3. The molecule has 0 radical (unpaired) electrons. The summed E-state index contributed by atoms with van der Waals surface area (Å²) in [6, 6.07) is 4.06. The fourth-order valence-electron chi connectivity index (χ4n) is 2.84. The number of carboxylic acids is 2. The standard InChI is InChI=1S/C21H30N4O7S2/c1-34-8-7-14(19(29)25-16(21(31)32)10-17(26)27)23-20(30)15(24-18(28)13(22)11-33)9-12-5-3-2-4-6-12/h2-6,13-16,33H,7-11,22H2,1H3,(H,23,30)(H,24,28)(H,25,29)(H,26,27)(H,31,32). The van der Waals surface area contributed by atoms with E-state index in [-0.39, 0.29) is 18.6 Å². The Kier molecular flexibility index (Phi) is 13.1. The molecule has 188 valence electrons. The number of nitrogens with one attached hydrogen (secondary N) is 3. The van der Waals surface area contributed by atoms with E-state index in [4.69, 9.17) is 10.8 Å². The van der Waals surface area contributed by atoms with Crippen LogP contribution in [0.5, 0.6) is 0 Å². The van der Waals surface area contributed by atoms with Crippen molar-refractivity contribution in [3.63, 3.8) is 0 Å². The first-order valence-corrected chi connectivity index (χ1v) is 12.4. The number of carboxylic acid groups (broad SMARTS) is 2. The highest BCUT2D eigenvalue weighted by atomic mass is 32.2. The summed E-state index contributed by atoms with van der Waals surface area (Å²) in [6.45, 7) is 0. The fourth-order valence-corrected chi connectivity index (χ4v) is 3.48. The van der Waals surface area contributed by atoms with E-state index < -0.39 is 60.2 Å². The van der Waals surface area contributed by atoms with Crippen LogP contribution in [0.1, 0.15) is 18.4 Å². The molecule has 3 amide bonds. The van der Waals surface area contributed by atoms with Gasteiger partial charge in [-0.1, -0.05) is 30.3 Å². The largest absolute Gasteiger partial charge is 0.481 e. The van der Waals surface area contributed by atoms with Crippen LogP contribution in [0.3, 0.4) is 0 Å². The lowest BCUT2D eigenvalue weighted by atomic mass is 10.0. The second-order valence-corrected chi connectivity index (χ2v) is 8.73. The van der Waals surface area contributed by atoms with Gasteiger partial charge in [0, 0.05) is 12.2 Å². The van der Waals surface area contributed by atoms with E-state index in [2.05, 4.69) is 28.6 Å². The molecule has 0 spiro atoms. The van der Waals surface area contributed by atoms with Crippen molar-refractivity contribution < 1.29 is 34.2 Å². The smallest absolute Gasteiger partial charge is 0.326 e. The molecule has 1 aromatic rings. The van der Waals surface area contributed by atoms with E-state index in [0.29, 0.717) is 5.75 Å². The second-order valence-electron chi connectivity index (χ2n) is 7.38. The minimum absolute atomic E-state index is 0.0599. The van der Waals surface area contributed by atoms with Crippen LogP contribution in [0, 0.1) is 0 Å².